The molecule has 0 bridgehead atoms. The highest BCUT2D eigenvalue weighted by Gasteiger charge is 2.32. The number of amides is 1. The number of carbonyl (C=O) groups excluding carboxylic acids is 2. The van der Waals surface area contributed by atoms with E-state index in [4.69, 9.17) is 21.7 Å². The van der Waals surface area contributed by atoms with Crippen molar-refractivity contribution in [2.24, 2.45) is 5.92 Å². The standard InChI is InChI=1S/C20H23ClN2O3/c1-11(22)14-9-8-13(20(25)26-2)10-17(14)23-19(24)18-15(12-6-7-12)4-3-5-16(18)21/h3-5,12-13,22H,6-10H2,1-2H3,(H,23,24). The molecule has 0 aliphatic heterocycles. The summed E-state index contributed by atoms with van der Waals surface area (Å²) in [6.45, 7) is 1.70. The molecule has 1 amide bonds. The van der Waals surface area contributed by atoms with Crippen LogP contribution in [0.15, 0.2) is 29.5 Å². The normalized spacial score (nSPS) is 19.9. The second-order valence-electron chi connectivity index (χ2n) is 6.98. The first-order valence-corrected chi connectivity index (χ1v) is 9.25. The van der Waals surface area contributed by atoms with Gasteiger partial charge in [-0.25, -0.2) is 0 Å². The van der Waals surface area contributed by atoms with Gasteiger partial charge in [0, 0.05) is 17.8 Å². The molecule has 1 saturated carbocycles. The Morgan fingerprint density at radius 2 is 2.00 bits per heavy atom. The Balaban J connectivity index is 1.89. The molecule has 0 saturated heterocycles. The molecule has 2 aliphatic rings. The number of ether oxygens (including phenoxy) is 1. The first-order valence-electron chi connectivity index (χ1n) is 8.87. The highest BCUT2D eigenvalue weighted by atomic mass is 35.5. The molecule has 138 valence electrons. The van der Waals surface area contributed by atoms with Gasteiger partial charge in [-0.3, -0.25) is 9.59 Å². The van der Waals surface area contributed by atoms with Gasteiger partial charge in [-0.2, -0.15) is 0 Å². The number of benzene rings is 1. The van der Waals surface area contributed by atoms with E-state index in [2.05, 4.69) is 5.32 Å². The molecule has 2 N–H and O–H groups in total. The SMILES string of the molecule is COC(=O)C1CCC(C(C)=N)=C(NC(=O)c2c(Cl)cccc2C2CC2)C1. The highest BCUT2D eigenvalue weighted by Crippen LogP contribution is 2.43. The number of carbonyl (C=O) groups is 2. The molecule has 5 nitrogen and oxygen atoms in total. The molecule has 0 heterocycles. The van der Waals surface area contributed by atoms with Crippen molar-refractivity contribution >= 4 is 29.2 Å². The maximum atomic E-state index is 13.0. The minimum absolute atomic E-state index is 0.267. The predicted octanol–water partition coefficient (Wildman–Crippen LogP) is 4.21. The lowest BCUT2D eigenvalue weighted by molar-refractivity contribution is -0.145. The van der Waals surface area contributed by atoms with Crippen molar-refractivity contribution in [2.75, 3.05) is 7.11 Å². The molecule has 1 fully saturated rings. The van der Waals surface area contributed by atoms with Crippen LogP contribution in [-0.4, -0.2) is 24.7 Å². The summed E-state index contributed by atoms with van der Waals surface area (Å²) in [4.78, 5) is 24.9. The lowest BCUT2D eigenvalue weighted by atomic mass is 9.85. The molecule has 1 unspecified atom stereocenters. The van der Waals surface area contributed by atoms with Gasteiger partial charge in [-0.1, -0.05) is 23.7 Å². The van der Waals surface area contributed by atoms with Crippen LogP contribution in [0.4, 0.5) is 0 Å². The number of allylic oxidation sites excluding steroid dienone is 2. The van der Waals surface area contributed by atoms with Gasteiger partial charge in [0.25, 0.3) is 5.91 Å². The zero-order valence-corrected chi connectivity index (χ0v) is 15.8. The van der Waals surface area contributed by atoms with E-state index in [-0.39, 0.29) is 17.8 Å². The Kier molecular flexibility index (Phi) is 5.47. The fourth-order valence-corrected chi connectivity index (χ4v) is 3.83. The largest absolute Gasteiger partial charge is 0.469 e. The summed E-state index contributed by atoms with van der Waals surface area (Å²) in [5.41, 5.74) is 3.31. The summed E-state index contributed by atoms with van der Waals surface area (Å²) >= 11 is 6.32. The van der Waals surface area contributed by atoms with E-state index in [0.29, 0.717) is 47.2 Å². The zero-order chi connectivity index (χ0) is 18.8. The number of hydrogen-bond donors (Lipinski definition) is 2. The average molecular weight is 375 g/mol. The Morgan fingerprint density at radius 1 is 1.27 bits per heavy atom. The maximum Gasteiger partial charge on any atom is 0.309 e. The summed E-state index contributed by atoms with van der Waals surface area (Å²) in [6.07, 6.45) is 3.70. The Bertz CT molecular complexity index is 796. The minimum Gasteiger partial charge on any atom is -0.469 e. The third-order valence-electron chi connectivity index (χ3n) is 5.10. The van der Waals surface area contributed by atoms with Crippen LogP contribution >= 0.6 is 11.6 Å². The van der Waals surface area contributed by atoms with E-state index in [1.54, 1.807) is 13.0 Å². The number of rotatable bonds is 5. The topological polar surface area (TPSA) is 79.2 Å². The van der Waals surface area contributed by atoms with E-state index < -0.39 is 0 Å². The second-order valence-corrected chi connectivity index (χ2v) is 7.38. The lowest BCUT2D eigenvalue weighted by Gasteiger charge is -2.26. The number of halogens is 1. The zero-order valence-electron chi connectivity index (χ0n) is 15.0. The van der Waals surface area contributed by atoms with Crippen LogP contribution in [0.2, 0.25) is 5.02 Å². The number of nitrogens with one attached hydrogen (secondary N) is 2. The van der Waals surface area contributed by atoms with Gasteiger partial charge < -0.3 is 15.5 Å². The van der Waals surface area contributed by atoms with Crippen LogP contribution in [0.5, 0.6) is 0 Å². The minimum atomic E-state index is -0.299. The lowest BCUT2D eigenvalue weighted by Crippen LogP contribution is -2.32. The molecular formula is C20H23ClN2O3. The van der Waals surface area contributed by atoms with E-state index in [1.807, 2.05) is 12.1 Å². The van der Waals surface area contributed by atoms with Gasteiger partial charge in [0.05, 0.1) is 23.6 Å². The van der Waals surface area contributed by atoms with E-state index >= 15 is 0 Å². The van der Waals surface area contributed by atoms with Gasteiger partial charge in [0.15, 0.2) is 0 Å². The monoisotopic (exact) mass is 374 g/mol. The Morgan fingerprint density at radius 3 is 2.62 bits per heavy atom. The van der Waals surface area contributed by atoms with Crippen molar-refractivity contribution in [3.05, 3.63) is 45.6 Å². The van der Waals surface area contributed by atoms with Crippen LogP contribution in [0.3, 0.4) is 0 Å². The van der Waals surface area contributed by atoms with Crippen LogP contribution in [0, 0.1) is 11.3 Å². The number of hydrogen-bond acceptors (Lipinski definition) is 4. The predicted molar refractivity (Wildman–Crippen MR) is 101 cm³/mol. The molecule has 1 aromatic rings. The van der Waals surface area contributed by atoms with Crippen molar-refractivity contribution in [1.82, 2.24) is 5.32 Å². The van der Waals surface area contributed by atoms with Crippen molar-refractivity contribution in [3.63, 3.8) is 0 Å². The van der Waals surface area contributed by atoms with Gasteiger partial charge >= 0.3 is 5.97 Å². The maximum absolute atomic E-state index is 13.0. The third kappa shape index (κ3) is 3.83. The molecule has 0 aromatic heterocycles. The summed E-state index contributed by atoms with van der Waals surface area (Å²) in [7, 11) is 1.37. The van der Waals surface area contributed by atoms with Gasteiger partial charge in [-0.15, -0.1) is 0 Å². The van der Waals surface area contributed by atoms with E-state index in [0.717, 1.165) is 24.0 Å². The van der Waals surface area contributed by atoms with Crippen molar-refractivity contribution in [1.29, 1.82) is 5.41 Å². The van der Waals surface area contributed by atoms with Crippen LogP contribution in [0.1, 0.15) is 60.9 Å². The fourth-order valence-electron chi connectivity index (χ4n) is 3.56. The second kappa shape index (κ2) is 7.62. The molecule has 6 heteroatoms. The van der Waals surface area contributed by atoms with Crippen LogP contribution < -0.4 is 5.32 Å². The van der Waals surface area contributed by atoms with E-state index in [1.165, 1.54) is 7.11 Å². The smallest absolute Gasteiger partial charge is 0.309 e. The third-order valence-corrected chi connectivity index (χ3v) is 5.41. The molecule has 1 aromatic carbocycles. The van der Waals surface area contributed by atoms with Crippen LogP contribution in [-0.2, 0) is 9.53 Å². The molecule has 0 spiro atoms. The fraction of sp³-hybridized carbons (Fsp3) is 0.450. The molecule has 1 atom stereocenters. The van der Waals surface area contributed by atoms with Crippen molar-refractivity contribution in [3.8, 4) is 0 Å². The summed E-state index contributed by atoms with van der Waals surface area (Å²) in [5, 5.41) is 11.4. The number of methoxy groups -OCH3 is 1. The molecule has 0 radical (unpaired) electrons. The van der Waals surface area contributed by atoms with Crippen molar-refractivity contribution < 1.29 is 14.3 Å². The van der Waals surface area contributed by atoms with Gasteiger partial charge in [-0.05, 0) is 55.7 Å². The summed E-state index contributed by atoms with van der Waals surface area (Å²) in [5.74, 6) is -0.458. The first-order chi connectivity index (χ1) is 12.4. The van der Waals surface area contributed by atoms with Gasteiger partial charge in [0.1, 0.15) is 0 Å². The average Bonchev–Trinajstić information content (AvgIpc) is 3.45. The molecular weight excluding hydrogens is 352 g/mol. The Hall–Kier alpha value is -2.14. The number of esters is 1. The Labute approximate surface area is 158 Å². The summed E-state index contributed by atoms with van der Waals surface area (Å²) < 4.78 is 4.85. The van der Waals surface area contributed by atoms with Crippen molar-refractivity contribution in [2.45, 2.75) is 44.9 Å². The quantitative estimate of drug-likeness (QED) is 0.598. The summed E-state index contributed by atoms with van der Waals surface area (Å²) in [6, 6.07) is 5.54. The van der Waals surface area contributed by atoms with Crippen LogP contribution in [0.25, 0.3) is 0 Å². The first kappa shape index (κ1) is 18.6. The highest BCUT2D eigenvalue weighted by molar-refractivity contribution is 6.34. The van der Waals surface area contributed by atoms with Gasteiger partial charge in [0.2, 0.25) is 0 Å². The molecule has 3 rings (SSSR count). The molecule has 26 heavy (non-hydrogen) atoms. The molecule has 2 aliphatic carbocycles. The van der Waals surface area contributed by atoms with E-state index in [9.17, 15) is 9.59 Å².